The molecule has 0 saturated carbocycles. The van der Waals surface area contributed by atoms with Gasteiger partial charge in [-0.05, 0) is 0 Å². The lowest BCUT2D eigenvalue weighted by atomic mass is 10.5. The number of aromatic nitrogens is 3. The summed E-state index contributed by atoms with van der Waals surface area (Å²) in [6.45, 7) is -6.41. The zero-order valence-electron chi connectivity index (χ0n) is 16.4. The quantitative estimate of drug-likeness (QED) is 0.107. The van der Waals surface area contributed by atoms with E-state index >= 15 is 0 Å². The van der Waals surface area contributed by atoms with Gasteiger partial charge >= 0.3 is 35.8 Å². The van der Waals surface area contributed by atoms with Gasteiger partial charge in [-0.3, -0.25) is 60.7 Å². The molecule has 0 amide bonds. The first-order valence-corrected chi connectivity index (χ1v) is 7.98. The van der Waals surface area contributed by atoms with Crippen molar-refractivity contribution in [3.63, 3.8) is 0 Å². The van der Waals surface area contributed by atoms with Crippen molar-refractivity contribution in [2.45, 2.75) is 17.7 Å². The van der Waals surface area contributed by atoms with Crippen molar-refractivity contribution >= 4 is 0 Å². The van der Waals surface area contributed by atoms with Crippen molar-refractivity contribution in [1.82, 2.24) is 15.0 Å². The maximum atomic E-state index is 13.8. The van der Waals surface area contributed by atoms with E-state index in [2.05, 4.69) is 29.2 Å². The molecule has 0 aliphatic carbocycles. The van der Waals surface area contributed by atoms with E-state index in [9.17, 15) is 73.9 Å². The SMILES string of the molecule is O=[N+]([O-])C(F)(COc1nc(OCC(F)([N+](=O)[O-])[N+](=O)[O-])nc(OCC(F)([N+](=O)[O-])[N+](=O)[O-])n1)[N+](=O)[O-]. The summed E-state index contributed by atoms with van der Waals surface area (Å²) in [7, 11) is 0. The van der Waals surface area contributed by atoms with Crippen LogP contribution in [-0.2, 0) is 0 Å². The van der Waals surface area contributed by atoms with E-state index in [1.54, 1.807) is 0 Å². The minimum Gasteiger partial charge on any atom is -0.443 e. The third-order valence-electron chi connectivity index (χ3n) is 3.41. The van der Waals surface area contributed by atoms with Crippen LogP contribution in [0.15, 0.2) is 0 Å². The summed E-state index contributed by atoms with van der Waals surface area (Å²) < 4.78 is 54.2. The molecule has 0 fully saturated rings. The summed E-state index contributed by atoms with van der Waals surface area (Å²) in [5, 5.41) is 63.4. The molecule has 0 N–H and O–H groups in total. The number of nitro groups is 6. The Balaban J connectivity index is 3.36. The molecule has 1 aromatic heterocycles. The van der Waals surface area contributed by atoms with E-state index in [4.69, 9.17) is 0 Å². The average molecular weight is 537 g/mol. The highest BCUT2D eigenvalue weighted by molar-refractivity contribution is 5.09. The number of rotatable bonds is 15. The Morgan fingerprint density at radius 1 is 0.500 bits per heavy atom. The van der Waals surface area contributed by atoms with Gasteiger partial charge in [0.2, 0.25) is 0 Å². The average Bonchev–Trinajstić information content (AvgIpc) is 2.78. The Hall–Kier alpha value is -5.40. The summed E-state index contributed by atoms with van der Waals surface area (Å²) in [6.07, 6.45) is 0. The van der Waals surface area contributed by atoms with Gasteiger partial charge in [0.25, 0.3) is 19.8 Å². The molecule has 27 heteroatoms. The van der Waals surface area contributed by atoms with E-state index in [1.807, 2.05) is 0 Å². The molecule has 198 valence electrons. The number of hydrogen-bond acceptors (Lipinski definition) is 18. The minimum absolute atomic E-state index is 1.51. The van der Waals surface area contributed by atoms with Crippen LogP contribution in [-0.4, -0.2) is 82.1 Å². The molecule has 0 spiro atoms. The summed E-state index contributed by atoms with van der Waals surface area (Å²) in [6, 6.07) is -4.54. The first-order valence-electron chi connectivity index (χ1n) is 7.98. The van der Waals surface area contributed by atoms with E-state index in [-0.39, 0.29) is 0 Å². The van der Waals surface area contributed by atoms with Crippen LogP contribution >= 0.6 is 0 Å². The minimum atomic E-state index is -4.55. The summed E-state index contributed by atoms with van der Waals surface area (Å²) in [4.78, 5) is 59.8. The standard InChI is InChI=1S/C9H6F3N9O15/c10-7(16(22)23,17(24)25)1-34-4-13-5(35-2-8(11,18(26)27)19(28)29)15-6(14-4)36-3-9(12,20(30)31)21(32)33/h1-3H2. The van der Waals surface area contributed by atoms with Crippen LogP contribution in [0.2, 0.25) is 0 Å². The molecule has 0 aliphatic rings. The third kappa shape index (κ3) is 5.93. The second kappa shape index (κ2) is 10.3. The summed E-state index contributed by atoms with van der Waals surface area (Å²) in [5.41, 5.74) is 0. The van der Waals surface area contributed by atoms with Crippen LogP contribution in [0.1, 0.15) is 0 Å². The lowest BCUT2D eigenvalue weighted by Crippen LogP contribution is -2.47. The van der Waals surface area contributed by atoms with Crippen LogP contribution in [0.4, 0.5) is 13.2 Å². The first kappa shape index (κ1) is 28.6. The summed E-state index contributed by atoms with van der Waals surface area (Å²) >= 11 is 0. The molecular weight excluding hydrogens is 531 g/mol. The van der Waals surface area contributed by atoms with E-state index in [0.717, 1.165) is 0 Å². The predicted octanol–water partition coefficient (Wildman–Crippen LogP) is -1.46. The Labute approximate surface area is 189 Å². The highest BCUT2D eigenvalue weighted by Gasteiger charge is 2.61. The highest BCUT2D eigenvalue weighted by atomic mass is 19.2. The van der Waals surface area contributed by atoms with Crippen molar-refractivity contribution in [2.24, 2.45) is 0 Å². The van der Waals surface area contributed by atoms with Gasteiger partial charge in [0, 0.05) is 0 Å². The molecule has 24 nitrogen and oxygen atoms in total. The number of ether oxygens (including phenoxy) is 3. The Morgan fingerprint density at radius 2 is 0.667 bits per heavy atom. The van der Waals surface area contributed by atoms with Gasteiger partial charge < -0.3 is 14.2 Å². The van der Waals surface area contributed by atoms with Crippen molar-refractivity contribution in [2.75, 3.05) is 19.8 Å². The Kier molecular flexibility index (Phi) is 8.15. The fraction of sp³-hybridized carbons (Fsp3) is 0.667. The maximum absolute atomic E-state index is 13.8. The summed E-state index contributed by atoms with van der Waals surface area (Å²) in [5.74, 6) is -13.7. The second-order valence-corrected chi connectivity index (χ2v) is 5.75. The highest BCUT2D eigenvalue weighted by Crippen LogP contribution is 2.22. The largest absolute Gasteiger partial charge is 0.648 e. The van der Waals surface area contributed by atoms with Gasteiger partial charge in [0.05, 0.1) is 0 Å². The molecule has 0 aliphatic heterocycles. The first-order chi connectivity index (χ1) is 16.4. The van der Waals surface area contributed by atoms with Crippen LogP contribution in [0.3, 0.4) is 0 Å². The number of nitrogens with zero attached hydrogens (tertiary/aromatic N) is 9. The molecule has 1 rings (SSSR count). The smallest absolute Gasteiger partial charge is 0.443 e. The topological polar surface area (TPSA) is 325 Å². The van der Waals surface area contributed by atoms with Crippen molar-refractivity contribution in [3.8, 4) is 18.0 Å². The van der Waals surface area contributed by atoms with Gasteiger partial charge in [0.15, 0.2) is 0 Å². The molecule has 1 aromatic rings. The normalized spacial score (nSPS) is 11.8. The van der Waals surface area contributed by atoms with E-state index in [1.165, 1.54) is 0 Å². The molecule has 0 bridgehead atoms. The van der Waals surface area contributed by atoms with Crippen molar-refractivity contribution < 1.29 is 56.9 Å². The molecule has 0 unspecified atom stereocenters. The van der Waals surface area contributed by atoms with Crippen molar-refractivity contribution in [1.29, 1.82) is 0 Å². The lowest BCUT2D eigenvalue weighted by Gasteiger charge is -2.12. The van der Waals surface area contributed by atoms with E-state index < -0.39 is 85.1 Å². The fourth-order valence-electron chi connectivity index (χ4n) is 1.50. The van der Waals surface area contributed by atoms with Gasteiger partial charge in [-0.1, -0.05) is 13.2 Å². The second-order valence-electron chi connectivity index (χ2n) is 5.75. The maximum Gasteiger partial charge on any atom is 0.648 e. The van der Waals surface area contributed by atoms with Crippen LogP contribution in [0.5, 0.6) is 18.0 Å². The zero-order valence-corrected chi connectivity index (χ0v) is 16.4. The Morgan fingerprint density at radius 3 is 0.806 bits per heavy atom. The monoisotopic (exact) mass is 537 g/mol. The number of hydrogen-bond donors (Lipinski definition) is 0. The molecule has 36 heavy (non-hydrogen) atoms. The van der Waals surface area contributed by atoms with Gasteiger partial charge in [-0.2, -0.15) is 0 Å². The number of halogens is 3. The van der Waals surface area contributed by atoms with Crippen LogP contribution in [0, 0.1) is 60.7 Å². The third-order valence-corrected chi connectivity index (χ3v) is 3.41. The fourth-order valence-corrected chi connectivity index (χ4v) is 1.50. The molecule has 0 saturated heterocycles. The van der Waals surface area contributed by atoms with Gasteiger partial charge in [0.1, 0.15) is 29.5 Å². The molecule has 0 atom stereocenters. The lowest BCUT2D eigenvalue weighted by molar-refractivity contribution is -0.832. The number of alkyl halides is 3. The van der Waals surface area contributed by atoms with Gasteiger partial charge in [-0.15, -0.1) is 15.0 Å². The molecule has 0 radical (unpaired) electrons. The van der Waals surface area contributed by atoms with E-state index in [0.29, 0.717) is 0 Å². The van der Waals surface area contributed by atoms with Crippen LogP contribution in [0.25, 0.3) is 0 Å². The van der Waals surface area contributed by atoms with Crippen LogP contribution < -0.4 is 14.2 Å². The molecule has 0 aromatic carbocycles. The zero-order chi connectivity index (χ0) is 28.1. The predicted molar refractivity (Wildman–Crippen MR) is 89.8 cm³/mol. The van der Waals surface area contributed by atoms with Crippen molar-refractivity contribution in [3.05, 3.63) is 60.7 Å². The Bertz CT molecular complexity index is 916. The molecule has 1 heterocycles. The molecular formula is C9H6F3N9O15. The van der Waals surface area contributed by atoms with Gasteiger partial charge in [-0.25, -0.2) is 0 Å².